The molecule has 0 aliphatic carbocycles. The molecular weight excluding hydrogens is 204 g/mol. The van der Waals surface area contributed by atoms with Crippen molar-refractivity contribution in [3.8, 4) is 0 Å². The molecule has 1 aromatic rings. The van der Waals surface area contributed by atoms with Crippen molar-refractivity contribution >= 4 is 6.01 Å². The monoisotopic (exact) mass is 224 g/mol. The van der Waals surface area contributed by atoms with Crippen LogP contribution in [0.4, 0.5) is 6.01 Å². The minimum Gasteiger partial charge on any atom is -0.432 e. The number of aromatic nitrogens is 1. The minimum absolute atomic E-state index is 0.0516. The molecule has 0 aromatic carbocycles. The van der Waals surface area contributed by atoms with Gasteiger partial charge in [-0.25, -0.2) is 0 Å². The molecule has 1 aromatic heterocycles. The highest BCUT2D eigenvalue weighted by molar-refractivity contribution is 5.27. The lowest BCUT2D eigenvalue weighted by molar-refractivity contribution is 0.233. The summed E-state index contributed by atoms with van der Waals surface area (Å²) in [6.45, 7) is 6.54. The first-order valence-corrected chi connectivity index (χ1v) is 5.97. The smallest absolute Gasteiger partial charge is 0.297 e. The number of hydrogen-bond acceptors (Lipinski definition) is 4. The van der Waals surface area contributed by atoms with Gasteiger partial charge in [-0.15, -0.1) is 0 Å². The number of aliphatic hydroxyl groups is 1. The lowest BCUT2D eigenvalue weighted by Crippen LogP contribution is -2.38. The molecule has 4 heteroatoms. The second-order valence-corrected chi connectivity index (χ2v) is 4.93. The Kier molecular flexibility index (Phi) is 3.19. The normalized spacial score (nSPS) is 20.1. The van der Waals surface area contributed by atoms with Crippen LogP contribution < -0.4 is 4.90 Å². The fourth-order valence-corrected chi connectivity index (χ4v) is 2.11. The van der Waals surface area contributed by atoms with E-state index in [0.29, 0.717) is 17.1 Å². The standard InChI is InChI=1S/C12H20N2O2/c1-3-12(2)4-6-14(7-5-12)11-13-10(8-15)9-16-11/h9,15H,3-8H2,1-2H3. The molecule has 0 amide bonds. The Hall–Kier alpha value is -1.03. The van der Waals surface area contributed by atoms with Crippen molar-refractivity contribution in [2.45, 2.75) is 39.7 Å². The van der Waals surface area contributed by atoms with Gasteiger partial charge in [0.25, 0.3) is 6.01 Å². The topological polar surface area (TPSA) is 49.5 Å². The number of anilines is 1. The third-order valence-electron chi connectivity index (χ3n) is 3.80. The molecule has 16 heavy (non-hydrogen) atoms. The van der Waals surface area contributed by atoms with Crippen LogP contribution in [0, 0.1) is 5.41 Å². The SMILES string of the molecule is CCC1(C)CCN(c2nc(CO)co2)CC1. The lowest BCUT2D eigenvalue weighted by Gasteiger charge is -2.38. The van der Waals surface area contributed by atoms with Gasteiger partial charge < -0.3 is 14.4 Å². The Bertz CT molecular complexity index is 341. The summed E-state index contributed by atoms with van der Waals surface area (Å²) >= 11 is 0. The summed E-state index contributed by atoms with van der Waals surface area (Å²) < 4.78 is 5.35. The summed E-state index contributed by atoms with van der Waals surface area (Å²) in [5.74, 6) is 0. The van der Waals surface area contributed by atoms with Gasteiger partial charge in [-0.05, 0) is 18.3 Å². The zero-order chi connectivity index (χ0) is 11.6. The number of aliphatic hydroxyl groups excluding tert-OH is 1. The third kappa shape index (κ3) is 2.21. The molecule has 0 bridgehead atoms. The molecule has 1 saturated heterocycles. The van der Waals surface area contributed by atoms with E-state index in [9.17, 15) is 0 Å². The van der Waals surface area contributed by atoms with Crippen molar-refractivity contribution in [3.05, 3.63) is 12.0 Å². The first kappa shape index (κ1) is 11.5. The van der Waals surface area contributed by atoms with Gasteiger partial charge in [-0.3, -0.25) is 0 Å². The Morgan fingerprint density at radius 3 is 2.69 bits per heavy atom. The predicted octanol–water partition coefficient (Wildman–Crippen LogP) is 2.18. The summed E-state index contributed by atoms with van der Waals surface area (Å²) in [7, 11) is 0. The van der Waals surface area contributed by atoms with Gasteiger partial charge in [0.1, 0.15) is 12.0 Å². The fourth-order valence-electron chi connectivity index (χ4n) is 2.11. The van der Waals surface area contributed by atoms with Gasteiger partial charge in [-0.2, -0.15) is 4.98 Å². The second kappa shape index (κ2) is 4.45. The van der Waals surface area contributed by atoms with Gasteiger partial charge in [0, 0.05) is 13.1 Å². The number of rotatable bonds is 3. The highest BCUT2D eigenvalue weighted by Crippen LogP contribution is 2.35. The van der Waals surface area contributed by atoms with Crippen LogP contribution in [-0.4, -0.2) is 23.2 Å². The van der Waals surface area contributed by atoms with E-state index in [1.54, 1.807) is 0 Å². The van der Waals surface area contributed by atoms with Crippen LogP contribution in [0.5, 0.6) is 0 Å². The maximum absolute atomic E-state index is 8.93. The van der Waals surface area contributed by atoms with E-state index >= 15 is 0 Å². The molecule has 90 valence electrons. The maximum atomic E-state index is 8.93. The van der Waals surface area contributed by atoms with Crippen LogP contribution in [0.25, 0.3) is 0 Å². The van der Waals surface area contributed by atoms with Gasteiger partial charge in [-0.1, -0.05) is 20.3 Å². The van der Waals surface area contributed by atoms with E-state index in [4.69, 9.17) is 9.52 Å². The molecule has 0 saturated carbocycles. The molecule has 4 nitrogen and oxygen atoms in total. The zero-order valence-electron chi connectivity index (χ0n) is 10.1. The van der Waals surface area contributed by atoms with Crippen molar-refractivity contribution in [3.63, 3.8) is 0 Å². The Morgan fingerprint density at radius 2 is 2.19 bits per heavy atom. The third-order valence-corrected chi connectivity index (χ3v) is 3.80. The van der Waals surface area contributed by atoms with E-state index < -0.39 is 0 Å². The fraction of sp³-hybridized carbons (Fsp3) is 0.750. The average Bonchev–Trinajstić information content (AvgIpc) is 2.79. The van der Waals surface area contributed by atoms with Crippen molar-refractivity contribution in [1.82, 2.24) is 4.98 Å². The molecular formula is C12H20N2O2. The van der Waals surface area contributed by atoms with E-state index in [0.717, 1.165) is 13.1 Å². The summed E-state index contributed by atoms with van der Waals surface area (Å²) in [5.41, 5.74) is 1.09. The van der Waals surface area contributed by atoms with E-state index in [2.05, 4.69) is 23.7 Å². The number of hydrogen-bond donors (Lipinski definition) is 1. The van der Waals surface area contributed by atoms with Crippen molar-refractivity contribution < 1.29 is 9.52 Å². The molecule has 1 aliphatic rings. The van der Waals surface area contributed by atoms with Crippen LogP contribution in [0.1, 0.15) is 38.8 Å². The number of piperidine rings is 1. The van der Waals surface area contributed by atoms with Crippen molar-refractivity contribution in [2.75, 3.05) is 18.0 Å². The lowest BCUT2D eigenvalue weighted by atomic mass is 9.78. The molecule has 1 aliphatic heterocycles. The molecule has 0 atom stereocenters. The van der Waals surface area contributed by atoms with E-state index in [1.165, 1.54) is 25.5 Å². The van der Waals surface area contributed by atoms with Gasteiger partial charge in [0.15, 0.2) is 0 Å². The first-order chi connectivity index (χ1) is 7.67. The molecule has 0 unspecified atom stereocenters. The van der Waals surface area contributed by atoms with Gasteiger partial charge in [0.05, 0.1) is 6.61 Å². The van der Waals surface area contributed by atoms with Gasteiger partial charge >= 0.3 is 0 Å². The largest absolute Gasteiger partial charge is 0.432 e. The minimum atomic E-state index is -0.0516. The van der Waals surface area contributed by atoms with Crippen molar-refractivity contribution in [1.29, 1.82) is 0 Å². The summed E-state index contributed by atoms with van der Waals surface area (Å²) in [6, 6.07) is 0.655. The molecule has 0 radical (unpaired) electrons. The second-order valence-electron chi connectivity index (χ2n) is 4.93. The van der Waals surface area contributed by atoms with Crippen LogP contribution >= 0.6 is 0 Å². The van der Waals surface area contributed by atoms with Crippen LogP contribution in [-0.2, 0) is 6.61 Å². The molecule has 2 rings (SSSR count). The van der Waals surface area contributed by atoms with Gasteiger partial charge in [0.2, 0.25) is 0 Å². The van der Waals surface area contributed by atoms with E-state index in [1.807, 2.05) is 0 Å². The van der Waals surface area contributed by atoms with Crippen LogP contribution in [0.3, 0.4) is 0 Å². The molecule has 1 N–H and O–H groups in total. The van der Waals surface area contributed by atoms with Crippen molar-refractivity contribution in [2.24, 2.45) is 5.41 Å². The highest BCUT2D eigenvalue weighted by atomic mass is 16.4. The highest BCUT2D eigenvalue weighted by Gasteiger charge is 2.29. The van der Waals surface area contributed by atoms with Crippen LogP contribution in [0.2, 0.25) is 0 Å². The Balaban J connectivity index is 1.98. The summed E-state index contributed by atoms with van der Waals surface area (Å²) in [4.78, 5) is 6.40. The molecule has 2 heterocycles. The number of nitrogens with zero attached hydrogens (tertiary/aromatic N) is 2. The predicted molar refractivity (Wildman–Crippen MR) is 62.3 cm³/mol. The Morgan fingerprint density at radius 1 is 1.50 bits per heavy atom. The quantitative estimate of drug-likeness (QED) is 0.855. The average molecular weight is 224 g/mol. The Labute approximate surface area is 96.3 Å². The summed E-state index contributed by atoms with van der Waals surface area (Å²) in [6.07, 6.45) is 5.12. The number of oxazole rings is 1. The molecule has 0 spiro atoms. The first-order valence-electron chi connectivity index (χ1n) is 5.97. The molecule has 1 fully saturated rings. The van der Waals surface area contributed by atoms with E-state index in [-0.39, 0.29) is 6.61 Å². The maximum Gasteiger partial charge on any atom is 0.297 e. The summed E-state index contributed by atoms with van der Waals surface area (Å²) in [5, 5.41) is 8.93. The zero-order valence-corrected chi connectivity index (χ0v) is 10.1. The van der Waals surface area contributed by atoms with Crippen LogP contribution in [0.15, 0.2) is 10.7 Å².